The van der Waals surface area contributed by atoms with Crippen LogP contribution in [0.3, 0.4) is 0 Å². The van der Waals surface area contributed by atoms with E-state index in [4.69, 9.17) is 0 Å². The van der Waals surface area contributed by atoms with E-state index in [2.05, 4.69) is 18.9 Å². The first-order valence-electron chi connectivity index (χ1n) is 3.66. The summed E-state index contributed by atoms with van der Waals surface area (Å²) in [6.07, 6.45) is -14.7. The molecule has 2 aliphatic heterocycles. The molecule has 0 unspecified atom stereocenters. The molecule has 0 atom stereocenters. The molecule has 0 aliphatic carbocycles. The molecular weight excluding hydrogens is 250 g/mol. The molecule has 2 aliphatic rings. The topological polar surface area (TPSA) is 36.9 Å². The number of rotatable bonds is 0. The van der Waals surface area contributed by atoms with Crippen LogP contribution in [0.2, 0.25) is 0 Å². The van der Waals surface area contributed by atoms with Crippen LogP contribution >= 0.6 is 0 Å². The van der Waals surface area contributed by atoms with Gasteiger partial charge >= 0.3 is 24.3 Å². The number of hydrogen-bond acceptors (Lipinski definition) is 4. The smallest absolute Gasteiger partial charge is 0.443 e. The molecule has 16 heavy (non-hydrogen) atoms. The fraction of sp³-hybridized carbons (Fsp3) is 0.667. The van der Waals surface area contributed by atoms with Crippen LogP contribution in [0.15, 0.2) is 12.5 Å². The zero-order chi connectivity index (χ0) is 12.2. The molecule has 0 bridgehead atoms. The Labute approximate surface area is 83.3 Å². The average Bonchev–Trinajstić information content (AvgIpc) is 2.44. The number of halogens is 6. The first kappa shape index (κ1) is 11.3. The molecular formula is C6H2F6O4. The van der Waals surface area contributed by atoms with Crippen molar-refractivity contribution in [3.63, 3.8) is 0 Å². The molecule has 92 valence electrons. The quantitative estimate of drug-likeness (QED) is 0.618. The maximum absolute atomic E-state index is 13.0. The fourth-order valence-corrected chi connectivity index (χ4v) is 1.17. The number of alkyl halides is 6. The highest BCUT2D eigenvalue weighted by Crippen LogP contribution is 2.55. The zero-order valence-electron chi connectivity index (χ0n) is 7.06. The van der Waals surface area contributed by atoms with Gasteiger partial charge in [-0.15, -0.1) is 8.78 Å². The minimum atomic E-state index is -5.16. The monoisotopic (exact) mass is 252 g/mol. The summed E-state index contributed by atoms with van der Waals surface area (Å²) in [5, 5.41) is 0. The highest BCUT2D eigenvalue weighted by Gasteiger charge is 2.85. The van der Waals surface area contributed by atoms with Crippen molar-refractivity contribution in [3.05, 3.63) is 12.5 Å². The Morgan fingerprint density at radius 2 is 1.06 bits per heavy atom. The first-order valence-corrected chi connectivity index (χ1v) is 3.66. The highest BCUT2D eigenvalue weighted by atomic mass is 19.3. The van der Waals surface area contributed by atoms with E-state index >= 15 is 0 Å². The second-order valence-electron chi connectivity index (χ2n) is 2.83. The molecule has 1 fully saturated rings. The Bertz CT molecular complexity index is 310. The van der Waals surface area contributed by atoms with E-state index in [0.717, 1.165) is 0 Å². The predicted octanol–water partition coefficient (Wildman–Crippen LogP) is 1.98. The molecule has 0 aromatic rings. The van der Waals surface area contributed by atoms with Gasteiger partial charge in [0.15, 0.2) is 0 Å². The summed E-state index contributed by atoms with van der Waals surface area (Å²) in [6.45, 7) is 0. The van der Waals surface area contributed by atoms with Gasteiger partial charge < -0.3 is 9.47 Å². The Morgan fingerprint density at radius 1 is 0.688 bits per heavy atom. The van der Waals surface area contributed by atoms with Crippen molar-refractivity contribution in [2.24, 2.45) is 0 Å². The molecule has 0 radical (unpaired) electrons. The van der Waals surface area contributed by atoms with Gasteiger partial charge in [-0.1, -0.05) is 0 Å². The summed E-state index contributed by atoms with van der Waals surface area (Å²) < 4.78 is 89.8. The van der Waals surface area contributed by atoms with Crippen LogP contribution in [0.1, 0.15) is 0 Å². The molecule has 1 spiro atoms. The second kappa shape index (κ2) is 2.74. The van der Waals surface area contributed by atoms with Crippen LogP contribution in [-0.2, 0) is 18.9 Å². The third kappa shape index (κ3) is 1.26. The molecule has 1 saturated heterocycles. The maximum Gasteiger partial charge on any atom is 0.495 e. The molecule has 0 saturated carbocycles. The minimum Gasteiger partial charge on any atom is -0.443 e. The van der Waals surface area contributed by atoms with Gasteiger partial charge in [0.2, 0.25) is 0 Å². The summed E-state index contributed by atoms with van der Waals surface area (Å²) in [6, 6.07) is 0. The SMILES string of the molecule is FC1(F)OC(F)(F)C2(OC=CO2)C(F)(F)O1. The Hall–Kier alpha value is -1.16. The van der Waals surface area contributed by atoms with Crippen molar-refractivity contribution in [3.8, 4) is 0 Å². The van der Waals surface area contributed by atoms with E-state index in [1.165, 1.54) is 0 Å². The van der Waals surface area contributed by atoms with Gasteiger partial charge in [0.05, 0.1) is 0 Å². The number of hydrogen-bond donors (Lipinski definition) is 0. The lowest BCUT2D eigenvalue weighted by molar-refractivity contribution is -0.629. The molecule has 2 rings (SSSR count). The Morgan fingerprint density at radius 3 is 1.44 bits per heavy atom. The van der Waals surface area contributed by atoms with E-state index in [1.54, 1.807) is 0 Å². The van der Waals surface area contributed by atoms with Crippen molar-refractivity contribution in [1.29, 1.82) is 0 Å². The fourth-order valence-electron chi connectivity index (χ4n) is 1.17. The zero-order valence-corrected chi connectivity index (χ0v) is 7.06. The average molecular weight is 252 g/mol. The standard InChI is InChI=1S/C6H2F6O4/c7-4(8)3(13-1-2-14-3)5(9,10)16-6(11,12)15-4/h1-2H. The lowest BCUT2D eigenvalue weighted by Gasteiger charge is -2.43. The van der Waals surface area contributed by atoms with Crippen LogP contribution in [-0.4, -0.2) is 24.3 Å². The summed E-state index contributed by atoms with van der Waals surface area (Å²) in [4.78, 5) is 0. The molecule has 2 heterocycles. The van der Waals surface area contributed by atoms with Crippen molar-refractivity contribution in [2.45, 2.75) is 24.3 Å². The van der Waals surface area contributed by atoms with Gasteiger partial charge in [0, 0.05) is 0 Å². The molecule has 0 aromatic carbocycles. The summed E-state index contributed by atoms with van der Waals surface area (Å²) in [7, 11) is 0. The van der Waals surface area contributed by atoms with Crippen LogP contribution in [0.25, 0.3) is 0 Å². The molecule has 10 heteroatoms. The van der Waals surface area contributed by atoms with Crippen molar-refractivity contribution >= 4 is 0 Å². The summed E-state index contributed by atoms with van der Waals surface area (Å²) >= 11 is 0. The maximum atomic E-state index is 13.0. The highest BCUT2D eigenvalue weighted by molar-refractivity contribution is 4.98. The lowest BCUT2D eigenvalue weighted by Crippen LogP contribution is -2.70. The summed E-state index contributed by atoms with van der Waals surface area (Å²) in [5.74, 6) is -4.08. The summed E-state index contributed by atoms with van der Waals surface area (Å²) in [5.41, 5.74) is 0. The van der Waals surface area contributed by atoms with Gasteiger partial charge in [0.1, 0.15) is 12.5 Å². The van der Waals surface area contributed by atoms with Crippen molar-refractivity contribution in [1.82, 2.24) is 0 Å². The first-order chi connectivity index (χ1) is 7.12. The molecule has 0 aromatic heterocycles. The molecule has 0 N–H and O–H groups in total. The Balaban J connectivity index is 2.44. The van der Waals surface area contributed by atoms with Gasteiger partial charge in [-0.25, -0.2) is 9.47 Å². The van der Waals surface area contributed by atoms with Crippen LogP contribution in [0.5, 0.6) is 0 Å². The van der Waals surface area contributed by atoms with Gasteiger partial charge in [-0.3, -0.25) is 0 Å². The van der Waals surface area contributed by atoms with Crippen molar-refractivity contribution in [2.75, 3.05) is 0 Å². The molecule has 0 amide bonds. The van der Waals surface area contributed by atoms with Crippen LogP contribution < -0.4 is 0 Å². The third-order valence-electron chi connectivity index (χ3n) is 1.78. The largest absolute Gasteiger partial charge is 0.495 e. The van der Waals surface area contributed by atoms with E-state index in [1.807, 2.05) is 0 Å². The lowest BCUT2D eigenvalue weighted by atomic mass is 10.2. The predicted molar refractivity (Wildman–Crippen MR) is 31.1 cm³/mol. The van der Waals surface area contributed by atoms with E-state index in [0.29, 0.717) is 12.5 Å². The number of ether oxygens (including phenoxy) is 4. The third-order valence-corrected chi connectivity index (χ3v) is 1.78. The van der Waals surface area contributed by atoms with Gasteiger partial charge in [-0.2, -0.15) is 17.6 Å². The van der Waals surface area contributed by atoms with Crippen LogP contribution in [0.4, 0.5) is 26.3 Å². The van der Waals surface area contributed by atoms with E-state index in [-0.39, 0.29) is 0 Å². The van der Waals surface area contributed by atoms with E-state index in [9.17, 15) is 26.3 Å². The van der Waals surface area contributed by atoms with Crippen molar-refractivity contribution < 1.29 is 45.3 Å². The van der Waals surface area contributed by atoms with E-state index < -0.39 is 24.3 Å². The normalized spacial score (nSPS) is 32.1. The Kier molecular flexibility index (Phi) is 1.94. The van der Waals surface area contributed by atoms with Gasteiger partial charge in [-0.05, 0) is 0 Å². The van der Waals surface area contributed by atoms with Crippen LogP contribution in [0, 0.1) is 0 Å². The van der Waals surface area contributed by atoms with Gasteiger partial charge in [0.25, 0.3) is 0 Å². The second-order valence-corrected chi connectivity index (χ2v) is 2.83. The minimum absolute atomic E-state index is 0.331. The molecule has 4 nitrogen and oxygen atoms in total.